The van der Waals surface area contributed by atoms with E-state index in [0.717, 1.165) is 21.6 Å². The zero-order valence-electron chi connectivity index (χ0n) is 20.7. The van der Waals surface area contributed by atoms with Crippen molar-refractivity contribution in [3.63, 3.8) is 0 Å². The van der Waals surface area contributed by atoms with Crippen LogP contribution < -0.4 is 19.7 Å². The summed E-state index contributed by atoms with van der Waals surface area (Å²) < 4.78 is 12.3. The molecule has 1 N–H and O–H groups in total. The van der Waals surface area contributed by atoms with E-state index in [1.807, 2.05) is 19.9 Å². The fourth-order valence-corrected chi connectivity index (χ4v) is 5.00. The van der Waals surface area contributed by atoms with Crippen LogP contribution in [0.1, 0.15) is 29.2 Å². The molecule has 7 nitrogen and oxygen atoms in total. The Bertz CT molecular complexity index is 1490. The molecule has 0 radical (unpaired) electrons. The third-order valence-electron chi connectivity index (χ3n) is 5.72. The second kappa shape index (κ2) is 11.6. The Balaban J connectivity index is 1.67. The first-order valence-corrected chi connectivity index (χ1v) is 13.2. The number of amides is 4. The maximum Gasteiger partial charge on any atom is 0.335 e. The Morgan fingerprint density at radius 2 is 1.76 bits per heavy atom. The molecular formula is C28H23BrCl2N2O5. The van der Waals surface area contributed by atoms with Crippen LogP contribution in [0.5, 0.6) is 11.5 Å². The molecule has 196 valence electrons. The van der Waals surface area contributed by atoms with Crippen LogP contribution in [0.15, 0.2) is 58.6 Å². The second-order valence-corrected chi connectivity index (χ2v) is 10.2. The first-order valence-electron chi connectivity index (χ1n) is 11.6. The van der Waals surface area contributed by atoms with Gasteiger partial charge in [-0.25, -0.2) is 9.69 Å². The topological polar surface area (TPSA) is 84.9 Å². The van der Waals surface area contributed by atoms with Gasteiger partial charge in [-0.15, -0.1) is 0 Å². The summed E-state index contributed by atoms with van der Waals surface area (Å²) >= 11 is 15.7. The van der Waals surface area contributed by atoms with Crippen LogP contribution in [-0.2, 0) is 16.2 Å². The van der Waals surface area contributed by atoms with E-state index in [0.29, 0.717) is 43.9 Å². The number of aryl methyl sites for hydroxylation is 2. The summed E-state index contributed by atoms with van der Waals surface area (Å²) in [5.74, 6) is -0.693. The summed E-state index contributed by atoms with van der Waals surface area (Å²) in [6, 6.07) is 13.0. The van der Waals surface area contributed by atoms with Gasteiger partial charge < -0.3 is 9.47 Å². The van der Waals surface area contributed by atoms with Crippen molar-refractivity contribution in [3.8, 4) is 11.5 Å². The lowest BCUT2D eigenvalue weighted by molar-refractivity contribution is -0.122. The van der Waals surface area contributed by atoms with Crippen molar-refractivity contribution in [2.24, 2.45) is 0 Å². The van der Waals surface area contributed by atoms with Crippen molar-refractivity contribution in [2.45, 2.75) is 27.4 Å². The number of carbonyl (C=O) groups excluding carboxylic acids is 3. The molecule has 0 spiro atoms. The fourth-order valence-electron chi connectivity index (χ4n) is 3.96. The Hall–Kier alpha value is -3.33. The van der Waals surface area contributed by atoms with Crippen molar-refractivity contribution in [1.82, 2.24) is 5.32 Å². The average molecular weight is 618 g/mol. The van der Waals surface area contributed by atoms with E-state index in [4.69, 9.17) is 32.7 Å². The molecule has 1 heterocycles. The maximum absolute atomic E-state index is 13.4. The summed E-state index contributed by atoms with van der Waals surface area (Å²) in [6.45, 7) is 6.03. The molecule has 0 aliphatic carbocycles. The largest absolute Gasteiger partial charge is 0.490 e. The lowest BCUT2D eigenvalue weighted by atomic mass is 10.0. The monoisotopic (exact) mass is 616 g/mol. The normalized spacial score (nSPS) is 14.6. The lowest BCUT2D eigenvalue weighted by Crippen LogP contribution is -2.54. The van der Waals surface area contributed by atoms with E-state index >= 15 is 0 Å². The molecule has 0 saturated carbocycles. The molecule has 4 rings (SSSR count). The quantitative estimate of drug-likeness (QED) is 0.228. The van der Waals surface area contributed by atoms with Gasteiger partial charge in [0.25, 0.3) is 11.8 Å². The van der Waals surface area contributed by atoms with E-state index in [2.05, 4.69) is 21.2 Å². The molecule has 1 fully saturated rings. The van der Waals surface area contributed by atoms with Gasteiger partial charge in [-0.05, 0) is 84.2 Å². The highest BCUT2D eigenvalue weighted by molar-refractivity contribution is 9.10. The molecule has 3 aromatic carbocycles. The Kier molecular flexibility index (Phi) is 8.45. The van der Waals surface area contributed by atoms with E-state index in [1.165, 1.54) is 6.08 Å². The summed E-state index contributed by atoms with van der Waals surface area (Å²) in [5.41, 5.74) is 3.14. The minimum absolute atomic E-state index is 0.156. The number of rotatable bonds is 7. The van der Waals surface area contributed by atoms with Crippen LogP contribution in [0.3, 0.4) is 0 Å². The van der Waals surface area contributed by atoms with E-state index in [1.54, 1.807) is 49.4 Å². The number of urea groups is 1. The number of hydrogen-bond donors (Lipinski definition) is 1. The van der Waals surface area contributed by atoms with Crippen molar-refractivity contribution in [2.75, 3.05) is 11.5 Å². The van der Waals surface area contributed by atoms with E-state index < -0.39 is 17.8 Å². The van der Waals surface area contributed by atoms with Crippen molar-refractivity contribution >= 4 is 68.7 Å². The minimum atomic E-state index is -0.801. The molecule has 1 aliphatic rings. The maximum atomic E-state index is 13.4. The number of ether oxygens (including phenoxy) is 2. The van der Waals surface area contributed by atoms with Gasteiger partial charge in [0.2, 0.25) is 0 Å². The molecule has 4 amide bonds. The number of hydrogen-bond acceptors (Lipinski definition) is 5. The number of carbonyl (C=O) groups is 3. The lowest BCUT2D eigenvalue weighted by Gasteiger charge is -2.27. The number of nitrogens with one attached hydrogen (secondary N) is 1. The first kappa shape index (κ1) is 27.7. The van der Waals surface area contributed by atoms with Gasteiger partial charge in [-0.1, -0.05) is 47.0 Å². The first-order chi connectivity index (χ1) is 18.1. The SMILES string of the molecule is CCOc1cc(/C=C2\C(=O)NC(=O)N(c3ccc(C)cc3C)C2=O)cc(Br)c1OCc1ccc(Cl)cc1Cl. The van der Waals surface area contributed by atoms with Crippen molar-refractivity contribution in [3.05, 3.63) is 90.9 Å². The molecule has 0 bridgehead atoms. The van der Waals surface area contributed by atoms with Gasteiger partial charge in [0.15, 0.2) is 11.5 Å². The summed E-state index contributed by atoms with van der Waals surface area (Å²) in [6.07, 6.45) is 1.41. The molecule has 1 aliphatic heterocycles. The molecule has 10 heteroatoms. The van der Waals surface area contributed by atoms with Crippen LogP contribution in [-0.4, -0.2) is 24.5 Å². The fraction of sp³-hybridized carbons (Fsp3) is 0.179. The van der Waals surface area contributed by atoms with Crippen LogP contribution in [0.4, 0.5) is 10.5 Å². The third-order valence-corrected chi connectivity index (χ3v) is 6.90. The van der Waals surface area contributed by atoms with E-state index in [9.17, 15) is 14.4 Å². The van der Waals surface area contributed by atoms with Gasteiger partial charge in [0.1, 0.15) is 12.2 Å². The zero-order chi connectivity index (χ0) is 27.6. The highest BCUT2D eigenvalue weighted by atomic mass is 79.9. The molecule has 1 saturated heterocycles. The smallest absolute Gasteiger partial charge is 0.335 e. The molecule has 0 aromatic heterocycles. The van der Waals surface area contributed by atoms with Gasteiger partial charge in [-0.3, -0.25) is 14.9 Å². The zero-order valence-corrected chi connectivity index (χ0v) is 23.8. The van der Waals surface area contributed by atoms with Gasteiger partial charge in [0.05, 0.1) is 16.8 Å². The minimum Gasteiger partial charge on any atom is -0.490 e. The van der Waals surface area contributed by atoms with Crippen molar-refractivity contribution in [1.29, 1.82) is 0 Å². The Morgan fingerprint density at radius 1 is 1.00 bits per heavy atom. The van der Waals surface area contributed by atoms with Crippen LogP contribution in [0.2, 0.25) is 10.0 Å². The number of halogens is 3. The van der Waals surface area contributed by atoms with Gasteiger partial charge >= 0.3 is 6.03 Å². The second-order valence-electron chi connectivity index (χ2n) is 8.54. The van der Waals surface area contributed by atoms with Crippen LogP contribution in [0, 0.1) is 13.8 Å². The van der Waals surface area contributed by atoms with Gasteiger partial charge in [-0.2, -0.15) is 0 Å². The number of benzene rings is 3. The average Bonchev–Trinajstić information content (AvgIpc) is 2.83. The molecule has 0 atom stereocenters. The highest BCUT2D eigenvalue weighted by Gasteiger charge is 2.37. The van der Waals surface area contributed by atoms with Crippen LogP contribution in [0.25, 0.3) is 6.08 Å². The van der Waals surface area contributed by atoms with E-state index in [-0.39, 0.29) is 12.2 Å². The number of imide groups is 2. The Morgan fingerprint density at radius 3 is 2.45 bits per heavy atom. The molecule has 0 unspecified atom stereocenters. The third kappa shape index (κ3) is 5.88. The highest BCUT2D eigenvalue weighted by Crippen LogP contribution is 2.39. The summed E-state index contributed by atoms with van der Waals surface area (Å²) in [5, 5.41) is 3.24. The summed E-state index contributed by atoms with van der Waals surface area (Å²) in [4.78, 5) is 39.6. The predicted octanol–water partition coefficient (Wildman–Crippen LogP) is 7.02. The van der Waals surface area contributed by atoms with Gasteiger partial charge in [0, 0.05) is 15.6 Å². The number of anilines is 1. The predicted molar refractivity (Wildman–Crippen MR) is 151 cm³/mol. The van der Waals surface area contributed by atoms with Crippen molar-refractivity contribution < 1.29 is 23.9 Å². The Labute approximate surface area is 238 Å². The number of nitrogens with zero attached hydrogens (tertiary/aromatic N) is 1. The van der Waals surface area contributed by atoms with Crippen LogP contribution >= 0.6 is 39.1 Å². The standard InChI is InChI=1S/C28H23BrCl2N2O5/c1-4-37-24-12-17(11-21(29)25(24)38-14-18-6-7-19(30)13-22(18)31)10-20-26(34)32-28(36)33(27(20)35)23-8-5-15(2)9-16(23)3/h5-13H,4,14H2,1-3H3,(H,32,34,36)/b20-10+. The summed E-state index contributed by atoms with van der Waals surface area (Å²) in [7, 11) is 0. The number of barbiturate groups is 1. The molecular weight excluding hydrogens is 595 g/mol. The molecule has 38 heavy (non-hydrogen) atoms. The molecule has 3 aromatic rings.